The molecule has 1 atom stereocenters. The van der Waals surface area contributed by atoms with Crippen LogP contribution in [0.3, 0.4) is 0 Å². The second kappa shape index (κ2) is 5.74. The summed E-state index contributed by atoms with van der Waals surface area (Å²) in [5.41, 5.74) is 0.727. The largest absolute Gasteiger partial charge is 0.480 e. The highest BCUT2D eigenvalue weighted by atomic mass is 79.9. The van der Waals surface area contributed by atoms with Crippen LogP contribution in [0.5, 0.6) is 0 Å². The smallest absolute Gasteiger partial charge is 0.326 e. The van der Waals surface area contributed by atoms with E-state index in [0.29, 0.717) is 5.56 Å². The number of hydrogen-bond donors (Lipinski definition) is 2. The van der Waals surface area contributed by atoms with Gasteiger partial charge in [-0.25, -0.2) is 4.79 Å². The Bertz CT molecular complexity index is 506. The van der Waals surface area contributed by atoms with Crippen LogP contribution in [-0.4, -0.2) is 23.0 Å². The van der Waals surface area contributed by atoms with Crippen LogP contribution in [0.4, 0.5) is 0 Å². The monoisotopic (exact) mass is 327 g/mol. The predicted molar refractivity (Wildman–Crippen MR) is 77.2 cm³/mol. The number of carboxylic acids is 1. The number of carboxylic acid groups (broad SMARTS) is 1. The molecular weight excluding hydrogens is 310 g/mol. The molecule has 0 radical (unpaired) electrons. The van der Waals surface area contributed by atoms with Gasteiger partial charge in [-0.2, -0.15) is 0 Å². The lowest BCUT2D eigenvalue weighted by Crippen LogP contribution is -2.49. The highest BCUT2D eigenvalue weighted by Crippen LogP contribution is 2.21. The van der Waals surface area contributed by atoms with Crippen LogP contribution in [0, 0.1) is 12.3 Å². The second-order valence-corrected chi connectivity index (χ2v) is 6.49. The van der Waals surface area contributed by atoms with Crippen LogP contribution in [0.25, 0.3) is 0 Å². The van der Waals surface area contributed by atoms with Crippen LogP contribution < -0.4 is 5.32 Å². The Kier molecular flexibility index (Phi) is 4.74. The average molecular weight is 328 g/mol. The fourth-order valence-electron chi connectivity index (χ4n) is 1.70. The van der Waals surface area contributed by atoms with Gasteiger partial charge in [-0.05, 0) is 30.0 Å². The van der Waals surface area contributed by atoms with E-state index in [1.54, 1.807) is 26.8 Å². The van der Waals surface area contributed by atoms with Gasteiger partial charge in [-0.1, -0.05) is 42.8 Å². The first-order valence-electron chi connectivity index (χ1n) is 5.92. The minimum Gasteiger partial charge on any atom is -0.480 e. The summed E-state index contributed by atoms with van der Waals surface area (Å²) in [6.07, 6.45) is 0. The van der Waals surface area contributed by atoms with Crippen molar-refractivity contribution in [3.63, 3.8) is 0 Å². The molecule has 0 heterocycles. The van der Waals surface area contributed by atoms with Crippen molar-refractivity contribution in [1.82, 2.24) is 5.32 Å². The number of nitrogens with one attached hydrogen (secondary N) is 1. The molecule has 4 nitrogen and oxygen atoms in total. The van der Waals surface area contributed by atoms with E-state index in [2.05, 4.69) is 21.2 Å². The molecule has 1 amide bonds. The SMILES string of the molecule is Cc1ccc(Br)cc1C(=O)NC(C(=O)O)C(C)(C)C. The molecule has 0 saturated carbocycles. The fraction of sp³-hybridized carbons (Fsp3) is 0.429. The number of amides is 1. The van der Waals surface area contributed by atoms with Gasteiger partial charge in [0.05, 0.1) is 0 Å². The Labute approximate surface area is 121 Å². The molecule has 0 aromatic heterocycles. The average Bonchev–Trinajstić information content (AvgIpc) is 2.26. The number of halogens is 1. The molecule has 1 aromatic rings. The Morgan fingerprint density at radius 3 is 2.37 bits per heavy atom. The van der Waals surface area contributed by atoms with Crippen molar-refractivity contribution >= 4 is 27.8 Å². The quantitative estimate of drug-likeness (QED) is 0.896. The summed E-state index contributed by atoms with van der Waals surface area (Å²) in [7, 11) is 0. The van der Waals surface area contributed by atoms with Crippen molar-refractivity contribution in [3.05, 3.63) is 33.8 Å². The van der Waals surface area contributed by atoms with E-state index in [4.69, 9.17) is 0 Å². The van der Waals surface area contributed by atoms with Crippen LogP contribution in [0.2, 0.25) is 0 Å². The van der Waals surface area contributed by atoms with E-state index >= 15 is 0 Å². The first-order valence-corrected chi connectivity index (χ1v) is 6.72. The minimum absolute atomic E-state index is 0.374. The van der Waals surface area contributed by atoms with E-state index in [-0.39, 0.29) is 5.91 Å². The molecule has 19 heavy (non-hydrogen) atoms. The first kappa shape index (κ1) is 15.7. The standard InChI is InChI=1S/C14H18BrNO3/c1-8-5-6-9(15)7-10(8)12(17)16-11(13(18)19)14(2,3)4/h5-7,11H,1-4H3,(H,16,17)(H,18,19). The number of carbonyl (C=O) groups is 2. The number of carbonyl (C=O) groups excluding carboxylic acids is 1. The zero-order chi connectivity index (χ0) is 14.8. The second-order valence-electron chi connectivity index (χ2n) is 5.57. The van der Waals surface area contributed by atoms with Gasteiger partial charge >= 0.3 is 5.97 Å². The van der Waals surface area contributed by atoms with E-state index < -0.39 is 17.4 Å². The number of hydrogen-bond acceptors (Lipinski definition) is 2. The predicted octanol–water partition coefficient (Wildman–Crippen LogP) is 2.99. The molecule has 1 rings (SSSR count). The van der Waals surface area contributed by atoms with E-state index in [0.717, 1.165) is 10.0 Å². The summed E-state index contributed by atoms with van der Waals surface area (Å²) in [6, 6.07) is 4.40. The molecule has 5 heteroatoms. The molecular formula is C14H18BrNO3. The Morgan fingerprint density at radius 2 is 1.89 bits per heavy atom. The molecule has 104 valence electrons. The number of benzene rings is 1. The maximum absolute atomic E-state index is 12.2. The lowest BCUT2D eigenvalue weighted by atomic mass is 9.86. The minimum atomic E-state index is -1.03. The highest BCUT2D eigenvalue weighted by molar-refractivity contribution is 9.10. The van der Waals surface area contributed by atoms with Gasteiger partial charge in [0.2, 0.25) is 0 Å². The van der Waals surface area contributed by atoms with Gasteiger partial charge < -0.3 is 10.4 Å². The zero-order valence-electron chi connectivity index (χ0n) is 11.5. The van der Waals surface area contributed by atoms with Crippen molar-refractivity contribution < 1.29 is 14.7 Å². The summed E-state index contributed by atoms with van der Waals surface area (Å²) in [6.45, 7) is 7.15. The first-order chi connectivity index (χ1) is 8.62. The molecule has 1 aromatic carbocycles. The third-order valence-corrected chi connectivity index (χ3v) is 3.33. The molecule has 0 fully saturated rings. The lowest BCUT2D eigenvalue weighted by molar-refractivity contribution is -0.142. The molecule has 0 aliphatic carbocycles. The van der Waals surface area contributed by atoms with Crippen LogP contribution in [-0.2, 0) is 4.79 Å². The number of aliphatic carboxylic acids is 1. The van der Waals surface area contributed by atoms with Crippen LogP contribution >= 0.6 is 15.9 Å². The zero-order valence-corrected chi connectivity index (χ0v) is 13.0. The number of aryl methyl sites for hydroxylation is 1. The summed E-state index contributed by atoms with van der Waals surface area (Å²) in [5.74, 6) is -1.41. The van der Waals surface area contributed by atoms with E-state index in [9.17, 15) is 14.7 Å². The molecule has 1 unspecified atom stereocenters. The van der Waals surface area contributed by atoms with Crippen molar-refractivity contribution in [1.29, 1.82) is 0 Å². The van der Waals surface area contributed by atoms with Crippen molar-refractivity contribution in [3.8, 4) is 0 Å². The van der Waals surface area contributed by atoms with E-state index in [1.165, 1.54) is 0 Å². The van der Waals surface area contributed by atoms with E-state index in [1.807, 2.05) is 19.1 Å². The summed E-state index contributed by atoms with van der Waals surface area (Å²) >= 11 is 3.30. The summed E-state index contributed by atoms with van der Waals surface area (Å²) in [5, 5.41) is 11.8. The highest BCUT2D eigenvalue weighted by Gasteiger charge is 2.33. The van der Waals surface area contributed by atoms with Gasteiger partial charge in [0, 0.05) is 10.0 Å². The summed E-state index contributed by atoms with van der Waals surface area (Å²) < 4.78 is 0.783. The van der Waals surface area contributed by atoms with Gasteiger partial charge in [0.1, 0.15) is 6.04 Å². The van der Waals surface area contributed by atoms with Gasteiger partial charge in [-0.3, -0.25) is 4.79 Å². The topological polar surface area (TPSA) is 66.4 Å². The van der Waals surface area contributed by atoms with Crippen LogP contribution in [0.1, 0.15) is 36.7 Å². The maximum atomic E-state index is 12.2. The third kappa shape index (κ3) is 4.06. The van der Waals surface area contributed by atoms with Gasteiger partial charge in [0.15, 0.2) is 0 Å². The molecule has 0 aliphatic rings. The Balaban J connectivity index is 3.01. The Morgan fingerprint density at radius 1 is 1.32 bits per heavy atom. The molecule has 0 aliphatic heterocycles. The third-order valence-electron chi connectivity index (χ3n) is 2.83. The maximum Gasteiger partial charge on any atom is 0.326 e. The lowest BCUT2D eigenvalue weighted by Gasteiger charge is -2.28. The molecule has 0 spiro atoms. The Hall–Kier alpha value is -1.36. The van der Waals surface area contributed by atoms with Gasteiger partial charge in [-0.15, -0.1) is 0 Å². The molecule has 2 N–H and O–H groups in total. The van der Waals surface area contributed by atoms with Gasteiger partial charge in [0.25, 0.3) is 5.91 Å². The molecule has 0 bridgehead atoms. The number of rotatable bonds is 3. The molecule has 0 saturated heterocycles. The normalized spacial score (nSPS) is 12.9. The van der Waals surface area contributed by atoms with Crippen molar-refractivity contribution in [2.24, 2.45) is 5.41 Å². The summed E-state index contributed by atoms with van der Waals surface area (Å²) in [4.78, 5) is 23.4. The van der Waals surface area contributed by atoms with Crippen molar-refractivity contribution in [2.75, 3.05) is 0 Å². The fourth-order valence-corrected chi connectivity index (χ4v) is 2.06. The van der Waals surface area contributed by atoms with Crippen LogP contribution in [0.15, 0.2) is 22.7 Å². The van der Waals surface area contributed by atoms with Crippen molar-refractivity contribution in [2.45, 2.75) is 33.7 Å².